The summed E-state index contributed by atoms with van der Waals surface area (Å²) < 4.78 is 0. The second kappa shape index (κ2) is 5.29. The van der Waals surface area contributed by atoms with Gasteiger partial charge in [-0.05, 0) is 18.1 Å². The van der Waals surface area contributed by atoms with Crippen LogP contribution in [0.25, 0.3) is 0 Å². The average Bonchev–Trinajstić information content (AvgIpc) is 2.25. The molecule has 1 rings (SSSR count). The molecule has 0 aliphatic rings. The minimum absolute atomic E-state index is 0.0978. The number of H-pyrrole nitrogens is 1. The van der Waals surface area contributed by atoms with E-state index in [1.54, 1.807) is 13.8 Å². The van der Waals surface area contributed by atoms with Crippen LogP contribution in [0.1, 0.15) is 24.2 Å². The number of carboxylic acids is 1. The first-order valence-corrected chi connectivity index (χ1v) is 5.15. The van der Waals surface area contributed by atoms with Crippen LogP contribution in [0.5, 0.6) is 0 Å². The van der Waals surface area contributed by atoms with Crippen molar-refractivity contribution in [2.24, 2.45) is 5.92 Å². The normalized spacial score (nSPS) is 12.2. The van der Waals surface area contributed by atoms with Gasteiger partial charge in [-0.1, -0.05) is 13.8 Å². The van der Waals surface area contributed by atoms with Gasteiger partial charge in [0, 0.05) is 6.20 Å². The fourth-order valence-corrected chi connectivity index (χ4v) is 1.33. The molecule has 0 saturated carbocycles. The monoisotopic (exact) mass is 238 g/mol. The van der Waals surface area contributed by atoms with Crippen molar-refractivity contribution in [3.05, 3.63) is 34.2 Å². The smallest absolute Gasteiger partial charge is 0.326 e. The molecule has 1 amide bonds. The maximum Gasteiger partial charge on any atom is 0.326 e. The van der Waals surface area contributed by atoms with Crippen molar-refractivity contribution < 1.29 is 14.7 Å². The van der Waals surface area contributed by atoms with Crippen molar-refractivity contribution in [2.45, 2.75) is 19.9 Å². The number of carbonyl (C=O) groups excluding carboxylic acids is 1. The van der Waals surface area contributed by atoms with Crippen LogP contribution in [0.2, 0.25) is 0 Å². The minimum atomic E-state index is -1.12. The quantitative estimate of drug-likeness (QED) is 0.698. The third kappa shape index (κ3) is 3.17. The van der Waals surface area contributed by atoms with Crippen LogP contribution in [0.3, 0.4) is 0 Å². The SMILES string of the molecule is CC(C)[C@H](NC(=O)c1ccc[nH]c1=O)C(=O)O. The summed E-state index contributed by atoms with van der Waals surface area (Å²) in [5, 5.41) is 11.2. The molecule has 0 saturated heterocycles. The molecule has 17 heavy (non-hydrogen) atoms. The first kappa shape index (κ1) is 13.0. The highest BCUT2D eigenvalue weighted by Gasteiger charge is 2.24. The predicted octanol–water partition coefficient (Wildman–Crippen LogP) is 0.214. The highest BCUT2D eigenvalue weighted by atomic mass is 16.4. The Labute approximate surface area is 97.7 Å². The number of aliphatic carboxylic acids is 1. The van der Waals surface area contributed by atoms with E-state index in [1.807, 2.05) is 0 Å². The third-order valence-corrected chi connectivity index (χ3v) is 2.28. The Hall–Kier alpha value is -2.11. The Bertz CT molecular complexity index is 478. The number of rotatable bonds is 4. The summed E-state index contributed by atoms with van der Waals surface area (Å²) >= 11 is 0. The van der Waals surface area contributed by atoms with Gasteiger partial charge in [0.1, 0.15) is 11.6 Å². The summed E-state index contributed by atoms with van der Waals surface area (Å²) in [7, 11) is 0. The Morgan fingerprint density at radius 3 is 2.53 bits per heavy atom. The fraction of sp³-hybridized carbons (Fsp3) is 0.364. The largest absolute Gasteiger partial charge is 0.480 e. The number of nitrogens with one attached hydrogen (secondary N) is 2. The molecular weight excluding hydrogens is 224 g/mol. The van der Waals surface area contributed by atoms with E-state index < -0.39 is 23.5 Å². The lowest BCUT2D eigenvalue weighted by atomic mass is 10.0. The standard InChI is InChI=1S/C11H14N2O4/c1-6(2)8(11(16)17)13-10(15)7-4-3-5-12-9(7)14/h3-6,8H,1-2H3,(H,12,14)(H,13,15)(H,16,17)/t8-/m0/s1. The van der Waals surface area contributed by atoms with Gasteiger partial charge in [0.15, 0.2) is 0 Å². The van der Waals surface area contributed by atoms with Crippen molar-refractivity contribution in [3.63, 3.8) is 0 Å². The van der Waals surface area contributed by atoms with Crippen molar-refractivity contribution >= 4 is 11.9 Å². The Morgan fingerprint density at radius 1 is 1.41 bits per heavy atom. The summed E-state index contributed by atoms with van der Waals surface area (Å²) in [4.78, 5) is 36.2. The lowest BCUT2D eigenvalue weighted by Gasteiger charge is -2.17. The molecule has 1 atom stereocenters. The Morgan fingerprint density at radius 2 is 2.06 bits per heavy atom. The van der Waals surface area contributed by atoms with Crippen molar-refractivity contribution in [2.75, 3.05) is 0 Å². The van der Waals surface area contributed by atoms with E-state index >= 15 is 0 Å². The van der Waals surface area contributed by atoms with Crippen molar-refractivity contribution in [1.29, 1.82) is 0 Å². The van der Waals surface area contributed by atoms with E-state index in [0.717, 1.165) is 0 Å². The highest BCUT2D eigenvalue weighted by Crippen LogP contribution is 2.02. The number of pyridine rings is 1. The van der Waals surface area contributed by atoms with Gasteiger partial charge in [-0.2, -0.15) is 0 Å². The van der Waals surface area contributed by atoms with Crippen LogP contribution in [-0.2, 0) is 4.79 Å². The van der Waals surface area contributed by atoms with Gasteiger partial charge in [0.2, 0.25) is 0 Å². The molecule has 0 fully saturated rings. The number of hydrogen-bond acceptors (Lipinski definition) is 3. The Balaban J connectivity index is 2.89. The molecule has 0 unspecified atom stereocenters. The summed E-state index contributed by atoms with van der Waals surface area (Å²) in [6.07, 6.45) is 1.40. The maximum absolute atomic E-state index is 11.7. The first-order valence-electron chi connectivity index (χ1n) is 5.15. The zero-order valence-electron chi connectivity index (χ0n) is 9.56. The number of hydrogen-bond donors (Lipinski definition) is 3. The summed E-state index contributed by atoms with van der Waals surface area (Å²) in [6.45, 7) is 3.35. The number of aromatic amines is 1. The van der Waals surface area contributed by atoms with Crippen LogP contribution in [0, 0.1) is 5.92 Å². The van der Waals surface area contributed by atoms with E-state index in [1.165, 1.54) is 18.3 Å². The van der Waals surface area contributed by atoms with Gasteiger partial charge in [-0.3, -0.25) is 9.59 Å². The molecule has 0 aromatic carbocycles. The van der Waals surface area contributed by atoms with Gasteiger partial charge in [0.05, 0.1) is 0 Å². The first-order chi connectivity index (χ1) is 7.93. The number of carbonyl (C=O) groups is 2. The molecule has 1 heterocycles. The number of aromatic nitrogens is 1. The van der Waals surface area contributed by atoms with Crippen molar-refractivity contribution in [1.82, 2.24) is 10.3 Å². The van der Waals surface area contributed by atoms with E-state index in [0.29, 0.717) is 0 Å². The molecule has 6 nitrogen and oxygen atoms in total. The molecule has 0 aliphatic carbocycles. The van der Waals surface area contributed by atoms with E-state index in [2.05, 4.69) is 10.3 Å². The van der Waals surface area contributed by atoms with Gasteiger partial charge >= 0.3 is 5.97 Å². The molecule has 92 valence electrons. The van der Waals surface area contributed by atoms with Gasteiger partial charge < -0.3 is 15.4 Å². The topological polar surface area (TPSA) is 99.3 Å². The second-order valence-corrected chi connectivity index (χ2v) is 3.95. The lowest BCUT2D eigenvalue weighted by Crippen LogP contribution is -2.45. The fourth-order valence-electron chi connectivity index (χ4n) is 1.33. The molecule has 1 aromatic heterocycles. The van der Waals surface area contributed by atoms with E-state index in [9.17, 15) is 14.4 Å². The van der Waals surface area contributed by atoms with Crippen LogP contribution >= 0.6 is 0 Å². The second-order valence-electron chi connectivity index (χ2n) is 3.95. The van der Waals surface area contributed by atoms with Gasteiger partial charge in [-0.25, -0.2) is 4.79 Å². The van der Waals surface area contributed by atoms with E-state index in [-0.39, 0.29) is 11.5 Å². The lowest BCUT2D eigenvalue weighted by molar-refractivity contribution is -0.140. The summed E-state index contributed by atoms with van der Waals surface area (Å²) in [5.41, 5.74) is -0.641. The molecule has 1 aromatic rings. The molecule has 6 heteroatoms. The zero-order chi connectivity index (χ0) is 13.0. The molecule has 0 radical (unpaired) electrons. The molecule has 0 spiro atoms. The van der Waals surface area contributed by atoms with Crippen LogP contribution in [0.4, 0.5) is 0 Å². The van der Waals surface area contributed by atoms with Gasteiger partial charge in [-0.15, -0.1) is 0 Å². The van der Waals surface area contributed by atoms with E-state index in [4.69, 9.17) is 5.11 Å². The molecule has 3 N–H and O–H groups in total. The predicted molar refractivity (Wildman–Crippen MR) is 60.8 cm³/mol. The zero-order valence-corrected chi connectivity index (χ0v) is 9.56. The van der Waals surface area contributed by atoms with Gasteiger partial charge in [0.25, 0.3) is 11.5 Å². The summed E-state index contributed by atoms with van der Waals surface area (Å²) in [5.74, 6) is -2.08. The Kier molecular flexibility index (Phi) is 4.03. The molecular formula is C11H14N2O4. The summed E-state index contributed by atoms with van der Waals surface area (Å²) in [6, 6.07) is 1.83. The van der Waals surface area contributed by atoms with Crippen LogP contribution in [0.15, 0.2) is 23.1 Å². The van der Waals surface area contributed by atoms with Crippen LogP contribution in [-0.4, -0.2) is 28.0 Å². The molecule has 0 bridgehead atoms. The minimum Gasteiger partial charge on any atom is -0.480 e. The highest BCUT2D eigenvalue weighted by molar-refractivity contribution is 5.96. The maximum atomic E-state index is 11.7. The number of amides is 1. The van der Waals surface area contributed by atoms with Crippen LogP contribution < -0.4 is 10.9 Å². The number of carboxylic acid groups (broad SMARTS) is 1. The van der Waals surface area contributed by atoms with Crippen molar-refractivity contribution in [3.8, 4) is 0 Å². The third-order valence-electron chi connectivity index (χ3n) is 2.28. The average molecular weight is 238 g/mol. The molecule has 0 aliphatic heterocycles.